The summed E-state index contributed by atoms with van der Waals surface area (Å²) in [5.74, 6) is -1.12. The van der Waals surface area contributed by atoms with E-state index >= 15 is 0 Å². The molecule has 3 rings (SSSR count). The normalized spacial score (nSPS) is 10.6. The summed E-state index contributed by atoms with van der Waals surface area (Å²) in [6.45, 7) is 1.75. The molecule has 142 valence electrons. The highest BCUT2D eigenvalue weighted by Gasteiger charge is 2.28. The summed E-state index contributed by atoms with van der Waals surface area (Å²) in [7, 11) is 0. The van der Waals surface area contributed by atoms with Gasteiger partial charge in [0.25, 0.3) is 11.8 Å². The molecule has 1 heterocycles. The zero-order valence-corrected chi connectivity index (χ0v) is 17.4. The van der Waals surface area contributed by atoms with Gasteiger partial charge in [0.1, 0.15) is 5.82 Å². The Morgan fingerprint density at radius 2 is 1.18 bits per heavy atom. The lowest BCUT2D eigenvalue weighted by Gasteiger charge is -2.21. The highest BCUT2D eigenvalue weighted by Crippen LogP contribution is 2.26. The van der Waals surface area contributed by atoms with E-state index in [0.29, 0.717) is 5.69 Å². The van der Waals surface area contributed by atoms with Crippen LogP contribution in [0.15, 0.2) is 54.6 Å². The third-order valence-corrected chi connectivity index (χ3v) is 4.60. The number of carbonyl (C=O) groups is 2. The number of carbonyl (C=O) groups excluding carboxylic acids is 2. The van der Waals surface area contributed by atoms with Crippen LogP contribution in [0.2, 0.25) is 20.1 Å². The number of benzene rings is 2. The Hall–Kier alpha value is -2.11. The second-order valence-electron chi connectivity index (χ2n) is 5.90. The van der Waals surface area contributed by atoms with Gasteiger partial charge >= 0.3 is 0 Å². The molecule has 4 nitrogen and oxygen atoms in total. The monoisotopic (exact) mass is 452 g/mol. The molecular formula is C20H12Cl4N2O2. The summed E-state index contributed by atoms with van der Waals surface area (Å²) in [6.07, 6.45) is 0. The molecular weight excluding hydrogens is 442 g/mol. The van der Waals surface area contributed by atoms with Gasteiger partial charge in [-0.15, -0.1) is 0 Å². The first-order chi connectivity index (χ1) is 13.2. The molecule has 8 heteroatoms. The largest absolute Gasteiger partial charge is 0.268 e. The van der Waals surface area contributed by atoms with Crippen LogP contribution >= 0.6 is 46.4 Å². The second-order valence-corrected chi connectivity index (χ2v) is 7.64. The molecule has 0 radical (unpaired) electrons. The molecule has 3 aromatic rings. The highest BCUT2D eigenvalue weighted by atomic mass is 35.5. The number of imide groups is 1. The quantitative estimate of drug-likeness (QED) is 0.425. The van der Waals surface area contributed by atoms with Gasteiger partial charge in [0, 0.05) is 36.9 Å². The van der Waals surface area contributed by atoms with Crippen LogP contribution in [0.25, 0.3) is 0 Å². The third-order valence-electron chi connectivity index (χ3n) is 3.73. The molecule has 1 aromatic heterocycles. The van der Waals surface area contributed by atoms with Crippen molar-refractivity contribution in [1.82, 2.24) is 4.98 Å². The Morgan fingerprint density at radius 1 is 0.750 bits per heavy atom. The molecule has 28 heavy (non-hydrogen) atoms. The number of hydrogen-bond acceptors (Lipinski definition) is 3. The van der Waals surface area contributed by atoms with Gasteiger partial charge in [-0.3, -0.25) is 9.59 Å². The van der Waals surface area contributed by atoms with Gasteiger partial charge in [-0.2, -0.15) is 0 Å². The standard InChI is InChI=1S/C20H12Cl4N2O2/c1-11-3-2-4-18(25-11)26(19(27)12-5-14(21)9-15(22)6-12)20(28)13-7-16(23)10-17(24)8-13/h2-10H,1H3. The van der Waals surface area contributed by atoms with Crippen molar-refractivity contribution >= 4 is 64.0 Å². The fourth-order valence-electron chi connectivity index (χ4n) is 2.57. The lowest BCUT2D eigenvalue weighted by Crippen LogP contribution is -2.37. The van der Waals surface area contributed by atoms with Gasteiger partial charge in [-0.05, 0) is 55.5 Å². The van der Waals surface area contributed by atoms with Crippen LogP contribution in [0.4, 0.5) is 5.82 Å². The van der Waals surface area contributed by atoms with Crippen molar-refractivity contribution in [1.29, 1.82) is 0 Å². The van der Waals surface area contributed by atoms with Gasteiger partial charge in [-0.1, -0.05) is 52.5 Å². The Balaban J connectivity index is 2.14. The average Bonchev–Trinajstić information content (AvgIpc) is 2.60. The van der Waals surface area contributed by atoms with Crippen LogP contribution in [-0.4, -0.2) is 16.8 Å². The summed E-state index contributed by atoms with van der Waals surface area (Å²) in [6, 6.07) is 13.7. The van der Waals surface area contributed by atoms with Crippen molar-refractivity contribution in [3.8, 4) is 0 Å². The van der Waals surface area contributed by atoms with Gasteiger partial charge in [-0.25, -0.2) is 9.88 Å². The van der Waals surface area contributed by atoms with E-state index in [0.717, 1.165) is 4.90 Å². The molecule has 0 spiro atoms. The predicted octanol–water partition coefficient (Wildman–Crippen LogP) is 6.49. The van der Waals surface area contributed by atoms with E-state index in [4.69, 9.17) is 46.4 Å². The molecule has 0 N–H and O–H groups in total. The Morgan fingerprint density at radius 3 is 1.57 bits per heavy atom. The first-order valence-corrected chi connectivity index (χ1v) is 9.50. The van der Waals surface area contributed by atoms with Gasteiger partial charge in [0.2, 0.25) is 0 Å². The third kappa shape index (κ3) is 4.65. The number of pyridine rings is 1. The van der Waals surface area contributed by atoms with Crippen molar-refractivity contribution < 1.29 is 9.59 Å². The van der Waals surface area contributed by atoms with Crippen LogP contribution < -0.4 is 4.90 Å². The number of amides is 2. The number of halogens is 4. The van der Waals surface area contributed by atoms with E-state index < -0.39 is 11.8 Å². The summed E-state index contributed by atoms with van der Waals surface area (Å²) >= 11 is 24.1. The smallest absolute Gasteiger partial charge is 0.266 e. The number of aryl methyl sites for hydroxylation is 1. The van der Waals surface area contributed by atoms with Gasteiger partial charge < -0.3 is 0 Å². The first-order valence-electron chi connectivity index (χ1n) is 7.99. The predicted molar refractivity (Wildman–Crippen MR) is 113 cm³/mol. The van der Waals surface area contributed by atoms with Gasteiger partial charge in [0.05, 0.1) is 0 Å². The minimum absolute atomic E-state index is 0.141. The van der Waals surface area contributed by atoms with Gasteiger partial charge in [0.15, 0.2) is 0 Å². The molecule has 2 aromatic carbocycles. The zero-order chi connectivity index (χ0) is 20.4. The maximum Gasteiger partial charge on any atom is 0.266 e. The summed E-state index contributed by atoms with van der Waals surface area (Å²) in [4.78, 5) is 31.7. The van der Waals surface area contributed by atoms with E-state index in [1.807, 2.05) is 0 Å². The Bertz CT molecular complexity index is 982. The van der Waals surface area contributed by atoms with Crippen LogP contribution in [0.3, 0.4) is 0 Å². The van der Waals surface area contributed by atoms with Crippen molar-refractivity contribution in [2.45, 2.75) is 6.92 Å². The van der Waals surface area contributed by atoms with Crippen LogP contribution in [0.1, 0.15) is 26.4 Å². The fraction of sp³-hybridized carbons (Fsp3) is 0.0500. The number of rotatable bonds is 3. The highest BCUT2D eigenvalue weighted by molar-refractivity contribution is 6.37. The molecule has 2 amide bonds. The van der Waals surface area contributed by atoms with Crippen molar-refractivity contribution in [2.75, 3.05) is 4.90 Å². The first kappa shape index (κ1) is 20.6. The van der Waals surface area contributed by atoms with Crippen LogP contribution in [-0.2, 0) is 0 Å². The molecule has 0 aliphatic heterocycles. The molecule has 0 saturated heterocycles. The SMILES string of the molecule is Cc1cccc(N(C(=O)c2cc(Cl)cc(Cl)c2)C(=O)c2cc(Cl)cc(Cl)c2)n1. The maximum atomic E-state index is 13.2. The number of hydrogen-bond donors (Lipinski definition) is 0. The Kier molecular flexibility index (Phi) is 6.26. The van der Waals surface area contributed by atoms with Crippen molar-refractivity contribution in [2.24, 2.45) is 0 Å². The van der Waals surface area contributed by atoms with Crippen molar-refractivity contribution in [3.63, 3.8) is 0 Å². The number of aromatic nitrogens is 1. The molecule has 0 fully saturated rings. The van der Waals surface area contributed by atoms with E-state index in [1.165, 1.54) is 36.4 Å². The summed E-state index contributed by atoms with van der Waals surface area (Å²) in [5.41, 5.74) is 0.918. The lowest BCUT2D eigenvalue weighted by atomic mass is 10.1. The molecule has 0 saturated carbocycles. The molecule has 0 unspecified atom stereocenters. The van der Waals surface area contributed by atoms with Crippen molar-refractivity contribution in [3.05, 3.63) is 91.5 Å². The molecule has 0 bridgehead atoms. The van der Waals surface area contributed by atoms with E-state index in [-0.39, 0.29) is 37.0 Å². The van der Waals surface area contributed by atoms with Crippen LogP contribution in [0.5, 0.6) is 0 Å². The minimum atomic E-state index is -0.636. The maximum absolute atomic E-state index is 13.2. The molecule has 0 atom stereocenters. The number of anilines is 1. The van der Waals surface area contributed by atoms with E-state index in [1.54, 1.807) is 25.1 Å². The van der Waals surface area contributed by atoms with Crippen LogP contribution in [0, 0.1) is 6.92 Å². The lowest BCUT2D eigenvalue weighted by molar-refractivity contribution is 0.0896. The second kappa shape index (κ2) is 8.50. The average molecular weight is 454 g/mol. The topological polar surface area (TPSA) is 50.3 Å². The molecule has 0 aliphatic rings. The fourth-order valence-corrected chi connectivity index (χ4v) is 3.62. The number of nitrogens with zero attached hydrogens (tertiary/aromatic N) is 2. The summed E-state index contributed by atoms with van der Waals surface area (Å²) in [5, 5.41) is 1.08. The Labute approximate surface area is 181 Å². The molecule has 0 aliphatic carbocycles. The zero-order valence-electron chi connectivity index (χ0n) is 14.4. The van der Waals surface area contributed by atoms with E-state index in [2.05, 4.69) is 4.98 Å². The summed E-state index contributed by atoms with van der Waals surface area (Å²) < 4.78 is 0. The van der Waals surface area contributed by atoms with E-state index in [9.17, 15) is 9.59 Å². The minimum Gasteiger partial charge on any atom is -0.268 e.